The molecule has 3 aromatic rings. The van der Waals surface area contributed by atoms with E-state index in [9.17, 15) is 14.7 Å². The normalized spacial score (nSPS) is 24.4. The van der Waals surface area contributed by atoms with Crippen LogP contribution in [0.5, 0.6) is 0 Å². The van der Waals surface area contributed by atoms with Crippen LogP contribution in [0.15, 0.2) is 50.9 Å². The number of thioether (sulfide) groups is 1. The van der Waals surface area contributed by atoms with Crippen molar-refractivity contribution in [1.82, 2.24) is 20.0 Å². The van der Waals surface area contributed by atoms with Gasteiger partial charge in [0.1, 0.15) is 23.3 Å². The molecule has 4 rings (SSSR count). The largest absolute Gasteiger partial charge is 0.457 e. The van der Waals surface area contributed by atoms with Crippen LogP contribution in [-0.4, -0.2) is 73.7 Å². The van der Waals surface area contributed by atoms with E-state index in [0.29, 0.717) is 5.69 Å². The van der Waals surface area contributed by atoms with Gasteiger partial charge in [0.25, 0.3) is 0 Å². The number of aromatic nitrogens is 4. The summed E-state index contributed by atoms with van der Waals surface area (Å²) in [4.78, 5) is 29.3. The number of halogens is 1. The first-order valence-corrected chi connectivity index (χ1v) is 13.8. The Morgan fingerprint density at radius 1 is 1.27 bits per heavy atom. The van der Waals surface area contributed by atoms with E-state index in [4.69, 9.17) is 18.9 Å². The second-order valence-corrected chi connectivity index (χ2v) is 11.0. The number of carbonyl (C=O) groups is 2. The molecule has 4 unspecified atom stereocenters. The fourth-order valence-electron chi connectivity index (χ4n) is 3.87. The number of aliphatic hydroxyl groups excluding tert-OH is 1. The molecule has 1 aliphatic rings. The molecule has 1 saturated heterocycles. The summed E-state index contributed by atoms with van der Waals surface area (Å²) in [6, 6.07) is 2.94. The van der Waals surface area contributed by atoms with Crippen molar-refractivity contribution in [3.8, 4) is 11.3 Å². The number of nitrogens with zero attached hydrogens (tertiary/aromatic N) is 4. The summed E-state index contributed by atoms with van der Waals surface area (Å²) >= 11 is 6.21. The molecular formula is C23H25BrN4O7S2. The number of hydrogen-bond donors (Lipinski definition) is 1. The summed E-state index contributed by atoms with van der Waals surface area (Å²) in [6.07, 6.45) is 1.18. The first kappa shape index (κ1) is 27.7. The van der Waals surface area contributed by atoms with E-state index in [-0.39, 0.29) is 6.61 Å². The average molecular weight is 614 g/mol. The molecule has 3 aromatic heterocycles. The predicted octanol–water partition coefficient (Wildman–Crippen LogP) is 3.44. The van der Waals surface area contributed by atoms with Crippen molar-refractivity contribution in [2.45, 2.75) is 61.7 Å². The number of esters is 2. The Kier molecular flexibility index (Phi) is 9.31. The zero-order chi connectivity index (χ0) is 26.5. The fourth-order valence-corrected chi connectivity index (χ4v) is 6.17. The minimum absolute atomic E-state index is 0.0984. The molecule has 0 aliphatic carbocycles. The van der Waals surface area contributed by atoms with Crippen molar-refractivity contribution in [2.75, 3.05) is 6.61 Å². The van der Waals surface area contributed by atoms with Gasteiger partial charge in [0.05, 0.1) is 12.8 Å². The number of aliphatic hydroxyl groups is 1. The molecule has 0 spiro atoms. The highest BCUT2D eigenvalue weighted by Gasteiger charge is 2.52. The van der Waals surface area contributed by atoms with Crippen molar-refractivity contribution in [3.63, 3.8) is 0 Å². The molecule has 0 saturated carbocycles. The Bertz CT molecular complexity index is 1210. The van der Waals surface area contributed by atoms with Gasteiger partial charge in [-0.2, -0.15) is 11.3 Å². The first-order valence-electron chi connectivity index (χ1n) is 11.2. The highest BCUT2D eigenvalue weighted by Crippen LogP contribution is 2.41. The summed E-state index contributed by atoms with van der Waals surface area (Å²) in [7, 11) is 0. The molecular weight excluding hydrogens is 588 g/mol. The zero-order valence-corrected chi connectivity index (χ0v) is 23.3. The van der Waals surface area contributed by atoms with Crippen molar-refractivity contribution < 1.29 is 33.6 Å². The number of rotatable bonds is 9. The average Bonchev–Trinajstić information content (AvgIpc) is 3.51. The van der Waals surface area contributed by atoms with E-state index in [1.807, 2.05) is 22.9 Å². The maximum absolute atomic E-state index is 12.2. The smallest absolute Gasteiger partial charge is 0.303 e. The van der Waals surface area contributed by atoms with Crippen molar-refractivity contribution in [2.24, 2.45) is 0 Å². The maximum atomic E-state index is 12.2. The molecule has 198 valence electrons. The monoisotopic (exact) mass is 612 g/mol. The van der Waals surface area contributed by atoms with Crippen LogP contribution >= 0.6 is 39.0 Å². The van der Waals surface area contributed by atoms with Gasteiger partial charge in [-0.3, -0.25) is 14.6 Å². The molecule has 0 bridgehead atoms. The first-order chi connectivity index (χ1) is 17.7. The molecule has 1 fully saturated rings. The molecule has 37 heavy (non-hydrogen) atoms. The second-order valence-electron chi connectivity index (χ2n) is 8.17. The highest BCUT2D eigenvalue weighted by molar-refractivity contribution is 9.10. The summed E-state index contributed by atoms with van der Waals surface area (Å²) in [5.41, 5.74) is 0.706. The lowest BCUT2D eigenvalue weighted by Crippen LogP contribution is -2.57. The van der Waals surface area contributed by atoms with Crippen LogP contribution in [0.3, 0.4) is 0 Å². The standard InChI is InChI=1S/C23H25BrN4O7S2/c1-12(29)32-10-19-21(33-13(2)30)20(28-9-18(26-27-28)15-4-5-36-11-15)22(34-14(3)31)23(35-19)37-17-6-16(24)7-25-8-17/h4-9,11-12,19-23,29H,10H2,1-3H3/t12?,19?,20?,21-,22?,23+/m0/s1. The van der Waals surface area contributed by atoms with Crippen LogP contribution in [0.4, 0.5) is 0 Å². The number of thiophene rings is 1. The molecule has 14 heteroatoms. The van der Waals surface area contributed by atoms with Gasteiger partial charge in [-0.25, -0.2) is 4.68 Å². The van der Waals surface area contributed by atoms with Gasteiger partial charge in [-0.15, -0.1) is 5.10 Å². The van der Waals surface area contributed by atoms with Crippen molar-refractivity contribution in [1.29, 1.82) is 0 Å². The van der Waals surface area contributed by atoms with Gasteiger partial charge >= 0.3 is 11.9 Å². The second kappa shape index (κ2) is 12.5. The van der Waals surface area contributed by atoms with Crippen molar-refractivity contribution in [3.05, 3.63) is 46.0 Å². The number of pyridine rings is 1. The van der Waals surface area contributed by atoms with Crippen LogP contribution in [0.25, 0.3) is 11.3 Å². The van der Waals surface area contributed by atoms with Crippen LogP contribution in [-0.2, 0) is 28.5 Å². The van der Waals surface area contributed by atoms with Gasteiger partial charge < -0.3 is 24.1 Å². The maximum Gasteiger partial charge on any atom is 0.303 e. The van der Waals surface area contributed by atoms with Gasteiger partial charge in [0, 0.05) is 46.6 Å². The van der Waals surface area contributed by atoms with E-state index in [2.05, 4.69) is 31.2 Å². The zero-order valence-electron chi connectivity index (χ0n) is 20.1. The van der Waals surface area contributed by atoms with Crippen LogP contribution in [0.1, 0.15) is 26.8 Å². The molecule has 6 atom stereocenters. The Hall–Kier alpha value is -2.36. The van der Waals surface area contributed by atoms with Gasteiger partial charge in [0.15, 0.2) is 18.5 Å². The lowest BCUT2D eigenvalue weighted by atomic mass is 9.96. The third-order valence-electron chi connectivity index (χ3n) is 5.29. The summed E-state index contributed by atoms with van der Waals surface area (Å²) in [6.45, 7) is 3.93. The Labute approximate surface area is 229 Å². The molecule has 0 aromatic carbocycles. The number of hydrogen-bond acceptors (Lipinski definition) is 12. The molecule has 0 radical (unpaired) electrons. The summed E-state index contributed by atoms with van der Waals surface area (Å²) in [5.74, 6) is -1.11. The van der Waals surface area contributed by atoms with Gasteiger partial charge in [-0.1, -0.05) is 17.0 Å². The number of carbonyl (C=O) groups excluding carboxylic acids is 2. The van der Waals surface area contributed by atoms with Crippen LogP contribution < -0.4 is 0 Å². The van der Waals surface area contributed by atoms with E-state index < -0.39 is 48.0 Å². The highest BCUT2D eigenvalue weighted by atomic mass is 79.9. The molecule has 4 heterocycles. The topological polar surface area (TPSA) is 135 Å². The minimum atomic E-state index is -1.08. The van der Waals surface area contributed by atoms with Crippen LogP contribution in [0.2, 0.25) is 0 Å². The van der Waals surface area contributed by atoms with Gasteiger partial charge in [0.2, 0.25) is 0 Å². The molecule has 1 aliphatic heterocycles. The minimum Gasteiger partial charge on any atom is -0.457 e. The molecule has 0 amide bonds. The predicted molar refractivity (Wildman–Crippen MR) is 138 cm³/mol. The van der Waals surface area contributed by atoms with Crippen LogP contribution in [0, 0.1) is 0 Å². The Balaban J connectivity index is 1.77. The summed E-state index contributed by atoms with van der Waals surface area (Å²) < 4.78 is 25.5. The van der Waals surface area contributed by atoms with E-state index in [0.717, 1.165) is 14.9 Å². The SMILES string of the molecule is CC(=O)OC1C(n2cc(-c3ccsc3)nn2)[C@@H](OC(C)=O)C(COC(C)O)O[C@@H]1Sc1cncc(Br)c1. The van der Waals surface area contributed by atoms with E-state index >= 15 is 0 Å². The van der Waals surface area contributed by atoms with Crippen molar-refractivity contribution >= 4 is 51.0 Å². The third-order valence-corrected chi connectivity index (χ3v) is 7.51. The van der Waals surface area contributed by atoms with E-state index in [1.54, 1.807) is 18.6 Å². The van der Waals surface area contributed by atoms with Gasteiger partial charge in [-0.05, 0) is 40.4 Å². The Morgan fingerprint density at radius 2 is 2.03 bits per heavy atom. The molecule has 11 nitrogen and oxygen atoms in total. The lowest BCUT2D eigenvalue weighted by Gasteiger charge is -2.45. The quantitative estimate of drug-likeness (QED) is 0.281. The lowest BCUT2D eigenvalue weighted by molar-refractivity contribution is -0.221. The fraction of sp³-hybridized carbons (Fsp3) is 0.435. The summed E-state index contributed by atoms with van der Waals surface area (Å²) in [5, 5.41) is 22.2. The number of ether oxygens (including phenoxy) is 4. The third kappa shape index (κ3) is 7.15. The Morgan fingerprint density at radius 3 is 2.68 bits per heavy atom. The molecule has 1 N–H and O–H groups in total. The van der Waals surface area contributed by atoms with E-state index in [1.165, 1.54) is 48.6 Å².